The van der Waals surface area contributed by atoms with Crippen molar-refractivity contribution in [3.63, 3.8) is 0 Å². The van der Waals surface area contributed by atoms with Crippen LogP contribution < -0.4 is 0 Å². The lowest BCUT2D eigenvalue weighted by Gasteiger charge is -2.10. The third kappa shape index (κ3) is 3.55. The van der Waals surface area contributed by atoms with E-state index < -0.39 is 0 Å². The molecule has 0 spiro atoms. The molecule has 1 aromatic heterocycles. The molecule has 0 radical (unpaired) electrons. The van der Waals surface area contributed by atoms with Crippen molar-refractivity contribution >= 4 is 23.4 Å². The molecule has 0 saturated heterocycles. The first-order valence-electron chi connectivity index (χ1n) is 7.06. The SMILES string of the molecule is N#CCCSc1nnc(-c2ccc(Cl)cc2)n1-c1ccccc1. The number of rotatable bonds is 5. The minimum Gasteiger partial charge on any atom is -0.270 e. The van der Waals surface area contributed by atoms with Crippen molar-refractivity contribution in [1.82, 2.24) is 14.8 Å². The van der Waals surface area contributed by atoms with Crippen LogP contribution in [-0.2, 0) is 0 Å². The standard InChI is InChI=1S/C17H13ClN4S/c18-14-9-7-13(8-10-14)16-20-21-17(23-12-4-11-19)22(16)15-5-2-1-3-6-15/h1-3,5-10H,4,12H2. The van der Waals surface area contributed by atoms with E-state index >= 15 is 0 Å². The zero-order chi connectivity index (χ0) is 16.1. The van der Waals surface area contributed by atoms with Crippen LogP contribution >= 0.6 is 23.4 Å². The Morgan fingerprint density at radius 1 is 1.04 bits per heavy atom. The minimum absolute atomic E-state index is 0.475. The van der Waals surface area contributed by atoms with Crippen LogP contribution in [-0.4, -0.2) is 20.5 Å². The zero-order valence-electron chi connectivity index (χ0n) is 12.2. The van der Waals surface area contributed by atoms with Gasteiger partial charge in [-0.25, -0.2) is 0 Å². The van der Waals surface area contributed by atoms with E-state index in [-0.39, 0.29) is 0 Å². The lowest BCUT2D eigenvalue weighted by atomic mass is 10.2. The number of halogens is 1. The second-order valence-electron chi connectivity index (χ2n) is 4.74. The molecule has 1 heterocycles. The minimum atomic E-state index is 0.475. The number of para-hydroxylation sites is 1. The summed E-state index contributed by atoms with van der Waals surface area (Å²) in [5.41, 5.74) is 1.93. The summed E-state index contributed by atoms with van der Waals surface area (Å²) in [5.74, 6) is 1.44. The fourth-order valence-corrected chi connectivity index (χ4v) is 3.07. The molecule has 23 heavy (non-hydrogen) atoms. The Kier molecular flexibility index (Phi) is 4.96. The van der Waals surface area contributed by atoms with Gasteiger partial charge in [-0.15, -0.1) is 10.2 Å². The first-order valence-corrected chi connectivity index (χ1v) is 8.42. The lowest BCUT2D eigenvalue weighted by molar-refractivity contribution is 0.885. The van der Waals surface area contributed by atoms with Crippen molar-refractivity contribution < 1.29 is 0 Å². The highest BCUT2D eigenvalue weighted by molar-refractivity contribution is 7.99. The van der Waals surface area contributed by atoms with E-state index in [1.807, 2.05) is 59.2 Å². The molecule has 0 N–H and O–H groups in total. The molecule has 0 fully saturated rings. The molecule has 0 saturated carbocycles. The van der Waals surface area contributed by atoms with Gasteiger partial charge >= 0.3 is 0 Å². The van der Waals surface area contributed by atoms with E-state index in [4.69, 9.17) is 16.9 Å². The number of nitriles is 1. The maximum absolute atomic E-state index is 8.72. The van der Waals surface area contributed by atoms with Gasteiger partial charge in [0.1, 0.15) is 0 Å². The van der Waals surface area contributed by atoms with Gasteiger partial charge in [0.15, 0.2) is 11.0 Å². The lowest BCUT2D eigenvalue weighted by Crippen LogP contribution is -1.99. The van der Waals surface area contributed by atoms with Crippen LogP contribution in [0.15, 0.2) is 59.8 Å². The third-order valence-corrected chi connectivity index (χ3v) is 4.38. The van der Waals surface area contributed by atoms with Gasteiger partial charge in [0, 0.05) is 28.4 Å². The maximum atomic E-state index is 8.72. The summed E-state index contributed by atoms with van der Waals surface area (Å²) in [7, 11) is 0. The predicted octanol–water partition coefficient (Wildman–Crippen LogP) is 4.59. The van der Waals surface area contributed by atoms with E-state index in [0.717, 1.165) is 22.2 Å². The van der Waals surface area contributed by atoms with Crippen LogP contribution in [0.4, 0.5) is 0 Å². The Bertz CT molecular complexity index is 822. The Balaban J connectivity index is 2.06. The average molecular weight is 341 g/mol. The molecule has 0 aliphatic carbocycles. The third-order valence-electron chi connectivity index (χ3n) is 3.20. The van der Waals surface area contributed by atoms with Gasteiger partial charge in [-0.1, -0.05) is 41.6 Å². The summed E-state index contributed by atoms with van der Waals surface area (Å²) in [6.45, 7) is 0. The summed E-state index contributed by atoms with van der Waals surface area (Å²) in [5, 5.41) is 18.8. The van der Waals surface area contributed by atoms with E-state index in [1.54, 1.807) is 0 Å². The molecule has 0 unspecified atom stereocenters. The van der Waals surface area contributed by atoms with E-state index in [1.165, 1.54) is 11.8 Å². The molecule has 2 aromatic carbocycles. The van der Waals surface area contributed by atoms with Crippen LogP contribution in [0.5, 0.6) is 0 Å². The molecular formula is C17H13ClN4S. The highest BCUT2D eigenvalue weighted by Gasteiger charge is 2.15. The van der Waals surface area contributed by atoms with Crippen LogP contribution in [0.25, 0.3) is 17.1 Å². The number of thioether (sulfide) groups is 1. The molecule has 4 nitrogen and oxygen atoms in total. The van der Waals surface area contributed by atoms with Crippen molar-refractivity contribution in [3.8, 4) is 23.1 Å². The van der Waals surface area contributed by atoms with Gasteiger partial charge < -0.3 is 0 Å². The normalized spacial score (nSPS) is 10.4. The molecule has 0 amide bonds. The first-order chi connectivity index (χ1) is 11.3. The van der Waals surface area contributed by atoms with Crippen molar-refractivity contribution in [2.45, 2.75) is 11.6 Å². The Morgan fingerprint density at radius 3 is 2.48 bits per heavy atom. The van der Waals surface area contributed by atoms with Crippen molar-refractivity contribution in [2.75, 3.05) is 5.75 Å². The molecule has 0 bridgehead atoms. The molecular weight excluding hydrogens is 328 g/mol. The molecule has 3 aromatic rings. The number of benzene rings is 2. The smallest absolute Gasteiger partial charge is 0.196 e. The van der Waals surface area contributed by atoms with Crippen LogP contribution in [0.2, 0.25) is 5.02 Å². The van der Waals surface area contributed by atoms with E-state index in [2.05, 4.69) is 16.3 Å². The van der Waals surface area contributed by atoms with Gasteiger partial charge in [-0.3, -0.25) is 4.57 Å². The van der Waals surface area contributed by atoms with E-state index in [0.29, 0.717) is 17.2 Å². The second kappa shape index (κ2) is 7.32. The fraction of sp³-hybridized carbons (Fsp3) is 0.118. The first kappa shape index (κ1) is 15.6. The Labute approximate surface area is 143 Å². The van der Waals surface area contributed by atoms with E-state index in [9.17, 15) is 0 Å². The number of aromatic nitrogens is 3. The van der Waals surface area contributed by atoms with Crippen molar-refractivity contribution in [2.24, 2.45) is 0 Å². The quantitative estimate of drug-likeness (QED) is 0.503. The fourth-order valence-electron chi connectivity index (χ4n) is 2.15. The number of hydrogen-bond acceptors (Lipinski definition) is 4. The van der Waals surface area contributed by atoms with Gasteiger partial charge in [0.25, 0.3) is 0 Å². The molecule has 6 heteroatoms. The van der Waals surface area contributed by atoms with Crippen molar-refractivity contribution in [1.29, 1.82) is 5.26 Å². The predicted molar refractivity (Wildman–Crippen MR) is 92.8 cm³/mol. The van der Waals surface area contributed by atoms with Gasteiger partial charge in [-0.2, -0.15) is 5.26 Å². The van der Waals surface area contributed by atoms with Crippen LogP contribution in [0.1, 0.15) is 6.42 Å². The molecule has 114 valence electrons. The monoisotopic (exact) mass is 340 g/mol. The van der Waals surface area contributed by atoms with Gasteiger partial charge in [0.2, 0.25) is 0 Å². The van der Waals surface area contributed by atoms with Gasteiger partial charge in [-0.05, 0) is 36.4 Å². The molecule has 3 rings (SSSR count). The zero-order valence-corrected chi connectivity index (χ0v) is 13.8. The number of hydrogen-bond donors (Lipinski definition) is 0. The summed E-state index contributed by atoms with van der Waals surface area (Å²) in [6, 6.07) is 19.6. The number of nitrogens with zero attached hydrogens (tertiary/aromatic N) is 4. The average Bonchev–Trinajstić information content (AvgIpc) is 3.00. The maximum Gasteiger partial charge on any atom is 0.196 e. The second-order valence-corrected chi connectivity index (χ2v) is 6.24. The summed E-state index contributed by atoms with van der Waals surface area (Å²) in [4.78, 5) is 0. The van der Waals surface area contributed by atoms with Crippen LogP contribution in [0, 0.1) is 11.3 Å². The van der Waals surface area contributed by atoms with Crippen molar-refractivity contribution in [3.05, 3.63) is 59.6 Å². The van der Waals surface area contributed by atoms with Gasteiger partial charge in [0.05, 0.1) is 6.07 Å². The Hall–Kier alpha value is -2.29. The Morgan fingerprint density at radius 2 is 1.78 bits per heavy atom. The topological polar surface area (TPSA) is 54.5 Å². The highest BCUT2D eigenvalue weighted by Crippen LogP contribution is 2.28. The molecule has 0 atom stereocenters. The molecule has 0 aliphatic heterocycles. The highest BCUT2D eigenvalue weighted by atomic mass is 35.5. The summed E-state index contributed by atoms with van der Waals surface area (Å²) in [6.07, 6.45) is 0.475. The molecule has 0 aliphatic rings. The summed E-state index contributed by atoms with van der Waals surface area (Å²) >= 11 is 7.49. The largest absolute Gasteiger partial charge is 0.270 e. The van der Waals surface area contributed by atoms with Crippen LogP contribution in [0.3, 0.4) is 0 Å². The summed E-state index contributed by atoms with van der Waals surface area (Å²) < 4.78 is 2.01.